The number of pyridine rings is 2. The third-order valence-electron chi connectivity index (χ3n) is 8.32. The number of benzene rings is 5. The van der Waals surface area contributed by atoms with E-state index >= 15 is 0 Å². The van der Waals surface area contributed by atoms with Crippen LogP contribution in [0.1, 0.15) is 31.9 Å². The first kappa shape index (κ1) is 32.5. The van der Waals surface area contributed by atoms with Crippen LogP contribution < -0.4 is 0 Å². The molecule has 0 spiro atoms. The second-order valence-electron chi connectivity index (χ2n) is 12.4. The summed E-state index contributed by atoms with van der Waals surface area (Å²) in [4.78, 5) is 8.97. The Labute approximate surface area is 294 Å². The molecule has 235 valence electrons. The van der Waals surface area contributed by atoms with Gasteiger partial charge in [-0.2, -0.15) is 5.26 Å². The van der Waals surface area contributed by atoms with E-state index in [0.29, 0.717) is 11.1 Å². The van der Waals surface area contributed by atoms with Crippen LogP contribution in [0.15, 0.2) is 138 Å². The molecule has 0 aliphatic carbocycles. The van der Waals surface area contributed by atoms with E-state index in [1.807, 2.05) is 91.1 Å². The number of nitrogens with zero attached hydrogens (tertiary/aromatic N) is 3. The first-order valence-corrected chi connectivity index (χ1v) is 15.6. The maximum absolute atomic E-state index is 9.91. The van der Waals surface area contributed by atoms with E-state index in [4.69, 9.17) is 4.42 Å². The molecule has 48 heavy (non-hydrogen) atoms. The number of furan rings is 1. The fraction of sp³-hybridized carbons (Fsp3) is 0.0930. The van der Waals surface area contributed by atoms with Crippen LogP contribution in [0.2, 0.25) is 0 Å². The summed E-state index contributed by atoms with van der Waals surface area (Å²) in [6.45, 7) is 6.58. The summed E-state index contributed by atoms with van der Waals surface area (Å²) in [5.41, 5.74) is 8.90. The number of rotatable bonds is 3. The maximum atomic E-state index is 9.91. The minimum absolute atomic E-state index is 0. The van der Waals surface area contributed by atoms with Crippen molar-refractivity contribution in [3.05, 3.63) is 157 Å². The zero-order valence-corrected chi connectivity index (χ0v) is 29.2. The van der Waals surface area contributed by atoms with Crippen LogP contribution in [0.4, 0.5) is 0 Å². The van der Waals surface area contributed by atoms with Gasteiger partial charge in [-0.3, -0.25) is 0 Å². The van der Waals surface area contributed by atoms with Gasteiger partial charge >= 0.3 is 0 Å². The molecule has 8 aromatic rings. The van der Waals surface area contributed by atoms with Crippen molar-refractivity contribution in [2.24, 2.45) is 0 Å². The topological polar surface area (TPSA) is 62.7 Å². The number of aromatic nitrogens is 2. The van der Waals surface area contributed by atoms with E-state index in [-0.39, 0.29) is 25.5 Å². The summed E-state index contributed by atoms with van der Waals surface area (Å²) in [6.07, 6.45) is 3.72. The van der Waals surface area contributed by atoms with Crippen molar-refractivity contribution in [2.45, 2.75) is 26.2 Å². The smallest absolute Gasteiger partial charge is 0.130 e. The van der Waals surface area contributed by atoms with Crippen molar-refractivity contribution < 1.29 is 24.5 Å². The minimum Gasteiger partial charge on any atom is -0.500 e. The number of hydrogen-bond acceptors (Lipinski definition) is 4. The van der Waals surface area contributed by atoms with Crippen molar-refractivity contribution in [3.8, 4) is 39.7 Å². The molecule has 0 fully saturated rings. The third-order valence-corrected chi connectivity index (χ3v) is 8.32. The Morgan fingerprint density at radius 3 is 2.19 bits per heavy atom. The summed E-state index contributed by atoms with van der Waals surface area (Å²) >= 11 is 0. The molecule has 0 atom stereocenters. The summed E-state index contributed by atoms with van der Waals surface area (Å²) < 4.78 is 6.49. The number of nitriles is 1. The van der Waals surface area contributed by atoms with Crippen molar-refractivity contribution in [2.75, 3.05) is 0 Å². The zero-order chi connectivity index (χ0) is 32.4. The Balaban J connectivity index is 0.000000201. The van der Waals surface area contributed by atoms with Crippen LogP contribution in [0, 0.1) is 23.5 Å². The van der Waals surface area contributed by atoms with Gasteiger partial charge in [-0.05, 0) is 50.8 Å². The molecule has 3 heterocycles. The molecule has 8 rings (SSSR count). The van der Waals surface area contributed by atoms with Crippen molar-refractivity contribution in [3.63, 3.8) is 0 Å². The van der Waals surface area contributed by atoms with Gasteiger partial charge in [0.15, 0.2) is 0 Å². The van der Waals surface area contributed by atoms with Gasteiger partial charge < -0.3 is 14.4 Å². The molecule has 3 aromatic heterocycles. The molecule has 0 saturated carbocycles. The second-order valence-corrected chi connectivity index (χ2v) is 12.4. The van der Waals surface area contributed by atoms with E-state index in [9.17, 15) is 5.26 Å². The van der Waals surface area contributed by atoms with Crippen molar-refractivity contribution in [1.29, 1.82) is 5.26 Å². The largest absolute Gasteiger partial charge is 0.500 e. The van der Waals surface area contributed by atoms with E-state index < -0.39 is 0 Å². The summed E-state index contributed by atoms with van der Waals surface area (Å²) in [7, 11) is 0. The molecule has 4 nitrogen and oxygen atoms in total. The van der Waals surface area contributed by atoms with E-state index in [0.717, 1.165) is 60.8 Å². The molecule has 1 radical (unpaired) electrons. The Morgan fingerprint density at radius 1 is 0.667 bits per heavy atom. The zero-order valence-electron chi connectivity index (χ0n) is 26.8. The summed E-state index contributed by atoms with van der Waals surface area (Å²) in [5.74, 6) is 0. The van der Waals surface area contributed by atoms with Crippen LogP contribution in [0.25, 0.3) is 66.4 Å². The molecule has 5 aromatic carbocycles. The first-order valence-electron chi connectivity index (χ1n) is 15.6. The normalized spacial score (nSPS) is 11.0. The summed E-state index contributed by atoms with van der Waals surface area (Å²) in [5, 5.41) is 14.1. The van der Waals surface area contributed by atoms with Gasteiger partial charge in [-0.15, -0.1) is 54.1 Å². The van der Waals surface area contributed by atoms with Gasteiger partial charge in [0.2, 0.25) is 0 Å². The maximum Gasteiger partial charge on any atom is 0.130 e. The Hall–Kier alpha value is -5.40. The van der Waals surface area contributed by atoms with Crippen molar-refractivity contribution >= 4 is 32.7 Å². The first-order chi connectivity index (χ1) is 22.9. The van der Waals surface area contributed by atoms with Crippen LogP contribution in [0.5, 0.6) is 0 Å². The predicted octanol–water partition coefficient (Wildman–Crippen LogP) is 11.0. The molecular weight excluding hydrogens is 767 g/mol. The number of hydrogen-bond donors (Lipinski definition) is 0. The second kappa shape index (κ2) is 13.8. The third kappa shape index (κ3) is 6.29. The van der Waals surface area contributed by atoms with Crippen molar-refractivity contribution in [1.82, 2.24) is 9.97 Å². The fourth-order valence-electron chi connectivity index (χ4n) is 5.86. The molecule has 0 bridgehead atoms. The average molecular weight is 798 g/mol. The van der Waals surface area contributed by atoms with E-state index in [1.165, 1.54) is 5.56 Å². The Bertz CT molecular complexity index is 2380. The van der Waals surface area contributed by atoms with Gasteiger partial charge in [0.25, 0.3) is 0 Å². The SMILES string of the molecule is CC(C)(C)c1ccc(-c2[c-]cccc2)nc1.N#Cc1ccc2c(oc3c(-c4ccccn4)[c-]ccc32)c1-c1cccc2ccccc12.[Ir]. The predicted molar refractivity (Wildman–Crippen MR) is 191 cm³/mol. The van der Waals surface area contributed by atoms with Gasteiger partial charge in [-0.1, -0.05) is 105 Å². The van der Waals surface area contributed by atoms with E-state index in [1.54, 1.807) is 6.20 Å². The average Bonchev–Trinajstić information content (AvgIpc) is 3.51. The fourth-order valence-corrected chi connectivity index (χ4v) is 5.86. The molecule has 0 amide bonds. The molecular formula is C43H31IrN3O-2. The van der Waals surface area contributed by atoms with Gasteiger partial charge in [0.05, 0.1) is 17.2 Å². The van der Waals surface area contributed by atoms with Gasteiger partial charge in [-0.25, -0.2) is 0 Å². The monoisotopic (exact) mass is 798 g/mol. The van der Waals surface area contributed by atoms with Crippen LogP contribution >= 0.6 is 0 Å². The summed E-state index contributed by atoms with van der Waals surface area (Å²) in [6, 6.07) is 48.8. The van der Waals surface area contributed by atoms with Crippen LogP contribution in [-0.2, 0) is 25.5 Å². The molecule has 0 unspecified atom stereocenters. The van der Waals surface area contributed by atoms with Gasteiger partial charge in [0, 0.05) is 43.4 Å². The molecule has 0 aliphatic rings. The molecule has 0 saturated heterocycles. The Morgan fingerprint density at radius 2 is 1.46 bits per heavy atom. The standard InChI is InChI=1S/C28H15N2O.C15H16N.Ir/c29-17-19-14-15-23-22-11-6-12-24(25-13-3-4-16-30-25)27(22)31-28(23)26(19)21-10-5-8-18-7-1-2-9-20(18)21;1-15(2,3)13-9-10-14(16-11-13)12-7-5-4-6-8-12;/h1-11,13-16H;4-7,9-11H,1-3H3;/q2*-1;. The van der Waals surface area contributed by atoms with Gasteiger partial charge in [0.1, 0.15) is 5.58 Å². The molecule has 0 aliphatic heterocycles. The molecule has 5 heteroatoms. The van der Waals surface area contributed by atoms with Crippen LogP contribution in [-0.4, -0.2) is 9.97 Å². The number of fused-ring (bicyclic) bond motifs is 4. The quantitative estimate of drug-likeness (QED) is 0.167. The van der Waals surface area contributed by atoms with Crippen LogP contribution in [0.3, 0.4) is 0 Å². The molecule has 0 N–H and O–H groups in total. The minimum atomic E-state index is 0. The Kier molecular flexibility index (Phi) is 9.33. The van der Waals surface area contributed by atoms with E-state index in [2.05, 4.69) is 85.3 Å².